The first-order valence-corrected chi connectivity index (χ1v) is 28.4. The number of carbonyl (C=O) groups excluding carboxylic acids is 4. The Balaban J connectivity index is 0.000000254. The molecule has 0 bridgehead atoms. The number of nitrogens with one attached hydrogen (secondary N) is 3. The van der Waals surface area contributed by atoms with Crippen molar-refractivity contribution in [2.45, 2.75) is 187 Å². The Labute approximate surface area is 456 Å². The van der Waals surface area contributed by atoms with E-state index >= 15 is 0 Å². The molecular weight excluding hydrogens is 1030 g/mol. The number of benzene rings is 2. The number of carboxylic acid groups (broad SMARTS) is 1. The van der Waals surface area contributed by atoms with Gasteiger partial charge >= 0.3 is 12.1 Å². The molecule has 2 saturated carbocycles. The number of fused-ring (bicyclic) bond motifs is 2. The van der Waals surface area contributed by atoms with Gasteiger partial charge in [0.1, 0.15) is 11.8 Å². The standard InChI is InChI=1S/C28H40N6O2S.C24H34N6O2S.C2HF3O2/c1-4-23(35)12-21(14-27-30-24-11-10-20(18(2)3)13-26(24)37-27)28(36)31-25(19-8-6-5-7-9-19)17-34-16-22(15-29)32-33-34;1-4-22(31)27-19(13-23-28-18-11-10-17(15(2)3)12-21(18)33-23)24(32)29-20(14-26-30-25)16-8-6-5-7-9-16;3-2(4,5)1(6)7/h10-11,13,16,18-19,21,25H,4-9,12,14-15,17,29H2,1-3H3,(H,31,36);10-12,15-16,19-20H,4-9,13-14H2,1-3H3,(H,27,31)(H,29,32);(H,6,7)/t21-,25+;19-,20+;/m00./s1. The Kier molecular flexibility index (Phi) is 24.3. The van der Waals surface area contributed by atoms with Gasteiger partial charge in [0.25, 0.3) is 0 Å². The van der Waals surface area contributed by atoms with Crippen molar-refractivity contribution in [3.8, 4) is 0 Å². The fourth-order valence-corrected chi connectivity index (χ4v) is 11.7. The smallest absolute Gasteiger partial charge is 0.475 e. The Bertz CT molecular complexity index is 2780. The van der Waals surface area contributed by atoms with Crippen molar-refractivity contribution >= 4 is 72.6 Å². The summed E-state index contributed by atoms with van der Waals surface area (Å²) in [4.78, 5) is 73.0. The molecule has 3 amide bonds. The minimum absolute atomic E-state index is 0.0664. The summed E-state index contributed by atoms with van der Waals surface area (Å²) in [6.45, 7) is 13.4. The topological polar surface area (TPSA) is 273 Å². The van der Waals surface area contributed by atoms with Gasteiger partial charge in [-0.25, -0.2) is 14.8 Å². The average Bonchev–Trinajstić information content (AvgIpc) is 4.17. The zero-order valence-corrected chi connectivity index (χ0v) is 46.6. The predicted molar refractivity (Wildman–Crippen MR) is 293 cm³/mol. The van der Waals surface area contributed by atoms with Gasteiger partial charge in [-0.3, -0.25) is 23.9 Å². The van der Waals surface area contributed by atoms with E-state index in [0.29, 0.717) is 56.5 Å². The maximum absolute atomic E-state index is 13.7. The van der Waals surface area contributed by atoms with Crippen LogP contribution in [0.3, 0.4) is 0 Å². The third-order valence-corrected chi connectivity index (χ3v) is 16.2. The average molecular weight is 1110 g/mol. The number of Topliss-reactive ketones (excluding diaryl/α,β-unsaturated/α-hetero) is 1. The molecule has 0 aliphatic heterocycles. The number of nitrogens with zero attached hydrogens (tertiary/aromatic N) is 8. The Morgan fingerprint density at radius 3 is 1.78 bits per heavy atom. The SMILES string of the molecule is CCC(=O)C[C@@H](Cc1nc2ccc(C(C)C)cc2s1)C(=O)N[C@H](Cn1cc(CN)nn1)C1CCCCC1.CCC(=O)N[C@@H](Cc1nc2ccc(C(C)C)cc2s1)C(=O)N[C@H](CN=[N+]=[N-])C1CCCCC1.O=C(O)C(F)(F)F. The van der Waals surface area contributed by atoms with Crippen LogP contribution in [-0.2, 0) is 49.9 Å². The number of halogens is 3. The molecule has 0 spiro atoms. The van der Waals surface area contributed by atoms with Crippen LogP contribution in [0, 0.1) is 17.8 Å². The summed E-state index contributed by atoms with van der Waals surface area (Å²) in [5.41, 5.74) is 19.6. The molecule has 3 aromatic heterocycles. The molecule has 5 aromatic rings. The summed E-state index contributed by atoms with van der Waals surface area (Å²) in [5.74, 6) is -2.07. The van der Waals surface area contributed by atoms with Crippen LogP contribution in [0.4, 0.5) is 13.2 Å². The van der Waals surface area contributed by atoms with Gasteiger partial charge in [-0.1, -0.05) is 103 Å². The second-order valence-corrected chi connectivity index (χ2v) is 22.8. The zero-order valence-electron chi connectivity index (χ0n) is 45.0. The Morgan fingerprint density at radius 1 is 0.792 bits per heavy atom. The molecule has 23 heteroatoms. The summed E-state index contributed by atoms with van der Waals surface area (Å²) < 4.78 is 35.7. The molecule has 6 N–H and O–H groups in total. The number of aliphatic carboxylic acids is 1. The maximum Gasteiger partial charge on any atom is 0.490 e. The van der Waals surface area contributed by atoms with Crippen LogP contribution in [-0.4, -0.2) is 90.4 Å². The molecule has 18 nitrogen and oxygen atoms in total. The molecule has 0 radical (unpaired) electrons. The third-order valence-electron chi connectivity index (χ3n) is 14.1. The number of rotatable bonds is 22. The number of azide groups is 1. The normalized spacial score (nSPS) is 15.8. The Morgan fingerprint density at radius 2 is 1.31 bits per heavy atom. The first-order valence-electron chi connectivity index (χ1n) is 26.8. The number of thiazole rings is 2. The van der Waals surface area contributed by atoms with Crippen molar-refractivity contribution < 1.29 is 42.3 Å². The third kappa shape index (κ3) is 19.4. The molecule has 77 heavy (non-hydrogen) atoms. The molecular formula is C54H75F3N12O6S2. The molecule has 2 fully saturated rings. The molecule has 2 aromatic carbocycles. The van der Waals surface area contributed by atoms with E-state index < -0.39 is 24.1 Å². The molecule has 7 rings (SSSR count). The molecule has 2 aliphatic carbocycles. The van der Waals surface area contributed by atoms with E-state index in [9.17, 15) is 32.3 Å². The van der Waals surface area contributed by atoms with Gasteiger partial charge in [-0.15, -0.1) is 27.8 Å². The number of alkyl halides is 3. The number of hydrogen-bond acceptors (Lipinski definition) is 13. The van der Waals surface area contributed by atoms with E-state index in [4.69, 9.17) is 31.1 Å². The number of ketones is 1. The summed E-state index contributed by atoms with van der Waals surface area (Å²) in [5, 5.41) is 30.2. The lowest BCUT2D eigenvalue weighted by Gasteiger charge is -2.32. The molecule has 0 unspecified atom stereocenters. The highest BCUT2D eigenvalue weighted by Gasteiger charge is 2.38. The van der Waals surface area contributed by atoms with Crippen LogP contribution >= 0.6 is 22.7 Å². The van der Waals surface area contributed by atoms with Crippen molar-refractivity contribution in [3.05, 3.63) is 79.9 Å². The molecule has 2 aliphatic rings. The summed E-state index contributed by atoms with van der Waals surface area (Å²) in [7, 11) is 0. The van der Waals surface area contributed by atoms with E-state index in [1.165, 1.54) is 36.8 Å². The lowest BCUT2D eigenvalue weighted by atomic mass is 9.83. The minimum atomic E-state index is -5.08. The first-order chi connectivity index (χ1) is 36.7. The molecule has 0 saturated heterocycles. The van der Waals surface area contributed by atoms with Crippen LogP contribution in [0.15, 0.2) is 47.7 Å². The fraction of sp³-hybridized carbons (Fsp3) is 0.611. The van der Waals surface area contributed by atoms with Crippen molar-refractivity contribution in [3.63, 3.8) is 0 Å². The number of nitrogens with two attached hydrogens (primary N) is 1. The number of carboxylic acids is 1. The number of hydrogen-bond donors (Lipinski definition) is 5. The highest BCUT2D eigenvalue weighted by molar-refractivity contribution is 7.18. The van der Waals surface area contributed by atoms with Crippen LogP contribution in [0.2, 0.25) is 0 Å². The fourth-order valence-electron chi connectivity index (χ4n) is 9.57. The van der Waals surface area contributed by atoms with E-state index in [1.807, 2.05) is 19.2 Å². The lowest BCUT2D eigenvalue weighted by Crippen LogP contribution is -2.53. The molecule has 4 atom stereocenters. The lowest BCUT2D eigenvalue weighted by molar-refractivity contribution is -0.192. The first kappa shape index (κ1) is 61.8. The van der Waals surface area contributed by atoms with Gasteiger partial charge in [-0.05, 0) is 90.3 Å². The molecule has 420 valence electrons. The van der Waals surface area contributed by atoms with Crippen molar-refractivity contribution in [1.82, 2.24) is 40.9 Å². The van der Waals surface area contributed by atoms with Gasteiger partial charge in [0, 0.05) is 62.3 Å². The minimum Gasteiger partial charge on any atom is -0.475 e. The van der Waals surface area contributed by atoms with Crippen LogP contribution in [0.1, 0.15) is 164 Å². The maximum atomic E-state index is 13.7. The van der Waals surface area contributed by atoms with E-state index in [2.05, 4.69) is 94.3 Å². The second-order valence-electron chi connectivity index (χ2n) is 20.5. The Hall–Kier alpha value is -6.03. The van der Waals surface area contributed by atoms with Gasteiger partial charge < -0.3 is 26.8 Å². The van der Waals surface area contributed by atoms with Gasteiger partial charge in [0.05, 0.1) is 54.6 Å². The number of carbonyl (C=O) groups is 5. The molecule has 3 heterocycles. The van der Waals surface area contributed by atoms with Crippen molar-refractivity contribution in [1.29, 1.82) is 0 Å². The second kappa shape index (κ2) is 30.2. The van der Waals surface area contributed by atoms with Crippen molar-refractivity contribution in [2.75, 3.05) is 6.54 Å². The van der Waals surface area contributed by atoms with Gasteiger partial charge in [0.2, 0.25) is 17.7 Å². The van der Waals surface area contributed by atoms with Crippen LogP contribution < -0.4 is 21.7 Å². The zero-order chi connectivity index (χ0) is 56.2. The van der Waals surface area contributed by atoms with Crippen LogP contribution in [0.5, 0.6) is 0 Å². The highest BCUT2D eigenvalue weighted by Crippen LogP contribution is 2.32. The monoisotopic (exact) mass is 1110 g/mol. The van der Waals surface area contributed by atoms with Crippen LogP contribution in [0.25, 0.3) is 30.9 Å². The predicted octanol–water partition coefficient (Wildman–Crippen LogP) is 10.6. The largest absolute Gasteiger partial charge is 0.490 e. The van der Waals surface area contributed by atoms with E-state index in [0.717, 1.165) is 74.7 Å². The number of amides is 3. The number of aromatic nitrogens is 5. The highest BCUT2D eigenvalue weighted by atomic mass is 32.1. The summed E-state index contributed by atoms with van der Waals surface area (Å²) in [6, 6.07) is 11.6. The summed E-state index contributed by atoms with van der Waals surface area (Å²) >= 11 is 3.19. The quantitative estimate of drug-likeness (QED) is 0.0247. The van der Waals surface area contributed by atoms with E-state index in [-0.39, 0.29) is 54.5 Å². The van der Waals surface area contributed by atoms with E-state index in [1.54, 1.807) is 34.3 Å². The summed E-state index contributed by atoms with van der Waals surface area (Å²) in [6.07, 6.45) is 9.71. The van der Waals surface area contributed by atoms with Gasteiger partial charge in [-0.2, -0.15) is 13.2 Å². The van der Waals surface area contributed by atoms with Crippen molar-refractivity contribution in [2.24, 2.45) is 28.6 Å². The van der Waals surface area contributed by atoms with Gasteiger partial charge in [0.15, 0.2) is 0 Å².